The highest BCUT2D eigenvalue weighted by molar-refractivity contribution is 5.80. The monoisotopic (exact) mass is 231 g/mol. The van der Waals surface area contributed by atoms with Crippen LogP contribution in [0.15, 0.2) is 0 Å². The summed E-state index contributed by atoms with van der Waals surface area (Å²) < 4.78 is 4.78. The first-order valence-corrected chi connectivity index (χ1v) is 5.35. The molecule has 0 radical (unpaired) electrons. The van der Waals surface area contributed by atoms with Gasteiger partial charge >= 0.3 is 0 Å². The molecule has 6 heteroatoms. The van der Waals surface area contributed by atoms with Crippen LogP contribution in [0.2, 0.25) is 0 Å². The van der Waals surface area contributed by atoms with Crippen LogP contribution in [0.5, 0.6) is 0 Å². The van der Waals surface area contributed by atoms with E-state index in [0.717, 1.165) is 0 Å². The second kappa shape index (κ2) is 9.11. The average molecular weight is 231 g/mol. The summed E-state index contributed by atoms with van der Waals surface area (Å²) in [4.78, 5) is 22.5. The molecule has 6 nitrogen and oxygen atoms in total. The molecule has 0 aromatic heterocycles. The number of hydrogen-bond donors (Lipinski definition) is 3. The van der Waals surface area contributed by atoms with E-state index in [-0.39, 0.29) is 24.2 Å². The molecule has 0 aliphatic heterocycles. The van der Waals surface area contributed by atoms with Crippen molar-refractivity contribution in [2.45, 2.75) is 13.3 Å². The van der Waals surface area contributed by atoms with E-state index in [1.165, 1.54) is 0 Å². The van der Waals surface area contributed by atoms with Crippen LogP contribution in [0.4, 0.5) is 0 Å². The van der Waals surface area contributed by atoms with E-state index in [9.17, 15) is 9.59 Å². The van der Waals surface area contributed by atoms with Crippen LogP contribution in [0.25, 0.3) is 0 Å². The molecule has 0 aliphatic rings. The maximum atomic E-state index is 11.3. The van der Waals surface area contributed by atoms with E-state index in [4.69, 9.17) is 10.5 Å². The SMILES string of the molecule is COCCNC(=O)CCNC(=O)C(C)CN. The number of rotatable bonds is 8. The van der Waals surface area contributed by atoms with Crippen LogP contribution in [0.1, 0.15) is 13.3 Å². The normalized spacial score (nSPS) is 11.9. The molecular formula is C10H21N3O3. The minimum Gasteiger partial charge on any atom is -0.383 e. The molecule has 1 unspecified atom stereocenters. The molecular weight excluding hydrogens is 210 g/mol. The first-order valence-electron chi connectivity index (χ1n) is 5.35. The summed E-state index contributed by atoms with van der Waals surface area (Å²) in [7, 11) is 1.57. The van der Waals surface area contributed by atoms with Crippen molar-refractivity contribution in [3.63, 3.8) is 0 Å². The van der Waals surface area contributed by atoms with Crippen molar-refractivity contribution >= 4 is 11.8 Å². The van der Waals surface area contributed by atoms with Crippen LogP contribution < -0.4 is 16.4 Å². The Kier molecular flexibility index (Phi) is 8.46. The van der Waals surface area contributed by atoms with Gasteiger partial charge in [-0.2, -0.15) is 0 Å². The Morgan fingerprint density at radius 3 is 2.56 bits per heavy atom. The molecule has 0 spiro atoms. The maximum absolute atomic E-state index is 11.3. The van der Waals surface area contributed by atoms with Crippen LogP contribution in [0.3, 0.4) is 0 Å². The smallest absolute Gasteiger partial charge is 0.224 e. The molecule has 0 fully saturated rings. The lowest BCUT2D eigenvalue weighted by Crippen LogP contribution is -2.36. The molecule has 0 rings (SSSR count). The Hall–Kier alpha value is -1.14. The third-order valence-electron chi connectivity index (χ3n) is 2.08. The van der Waals surface area contributed by atoms with Gasteiger partial charge in [-0.05, 0) is 0 Å². The fraction of sp³-hybridized carbons (Fsp3) is 0.800. The van der Waals surface area contributed by atoms with E-state index in [0.29, 0.717) is 26.2 Å². The lowest BCUT2D eigenvalue weighted by molar-refractivity contribution is -0.124. The summed E-state index contributed by atoms with van der Waals surface area (Å²) in [5.41, 5.74) is 5.33. The molecule has 0 aromatic rings. The molecule has 0 heterocycles. The van der Waals surface area contributed by atoms with Gasteiger partial charge in [0.25, 0.3) is 0 Å². The van der Waals surface area contributed by atoms with Crippen molar-refractivity contribution in [3.05, 3.63) is 0 Å². The number of ether oxygens (including phenoxy) is 1. The Balaban J connectivity index is 3.50. The van der Waals surface area contributed by atoms with Crippen LogP contribution >= 0.6 is 0 Å². The Morgan fingerprint density at radius 1 is 1.31 bits per heavy atom. The number of carbonyl (C=O) groups is 2. The van der Waals surface area contributed by atoms with Crippen molar-refractivity contribution in [3.8, 4) is 0 Å². The van der Waals surface area contributed by atoms with E-state index < -0.39 is 0 Å². The summed E-state index contributed by atoms with van der Waals surface area (Å²) >= 11 is 0. The van der Waals surface area contributed by atoms with E-state index in [1.807, 2.05) is 0 Å². The first kappa shape index (κ1) is 14.9. The van der Waals surface area contributed by atoms with Gasteiger partial charge in [-0.3, -0.25) is 9.59 Å². The van der Waals surface area contributed by atoms with Crippen molar-refractivity contribution in [1.29, 1.82) is 0 Å². The number of methoxy groups -OCH3 is 1. The van der Waals surface area contributed by atoms with Crippen molar-refractivity contribution in [1.82, 2.24) is 10.6 Å². The summed E-state index contributed by atoms with van der Waals surface area (Å²) in [6, 6.07) is 0. The molecule has 1 atom stereocenters. The van der Waals surface area contributed by atoms with Crippen molar-refractivity contribution < 1.29 is 14.3 Å². The predicted octanol–water partition coefficient (Wildman–Crippen LogP) is -1.15. The van der Waals surface area contributed by atoms with Gasteiger partial charge in [0.1, 0.15) is 0 Å². The highest BCUT2D eigenvalue weighted by Crippen LogP contribution is 1.90. The Morgan fingerprint density at radius 2 is 2.00 bits per heavy atom. The van der Waals surface area contributed by atoms with Gasteiger partial charge in [0, 0.05) is 39.1 Å². The average Bonchev–Trinajstić information content (AvgIpc) is 2.28. The van der Waals surface area contributed by atoms with E-state index >= 15 is 0 Å². The number of hydrogen-bond acceptors (Lipinski definition) is 4. The topological polar surface area (TPSA) is 93.5 Å². The summed E-state index contributed by atoms with van der Waals surface area (Å²) in [5.74, 6) is -0.429. The summed E-state index contributed by atoms with van der Waals surface area (Å²) in [6.45, 7) is 3.37. The zero-order valence-corrected chi connectivity index (χ0v) is 9.91. The molecule has 0 saturated heterocycles. The van der Waals surface area contributed by atoms with Gasteiger partial charge in [0.2, 0.25) is 11.8 Å². The third kappa shape index (κ3) is 7.19. The zero-order chi connectivity index (χ0) is 12.4. The van der Waals surface area contributed by atoms with Gasteiger partial charge in [-0.1, -0.05) is 6.92 Å². The van der Waals surface area contributed by atoms with Gasteiger partial charge in [-0.15, -0.1) is 0 Å². The van der Waals surface area contributed by atoms with Gasteiger partial charge in [-0.25, -0.2) is 0 Å². The fourth-order valence-electron chi connectivity index (χ4n) is 0.961. The van der Waals surface area contributed by atoms with Crippen LogP contribution in [0, 0.1) is 5.92 Å². The van der Waals surface area contributed by atoms with Crippen molar-refractivity contribution in [2.24, 2.45) is 11.7 Å². The van der Waals surface area contributed by atoms with Crippen LogP contribution in [-0.4, -0.2) is 45.2 Å². The van der Waals surface area contributed by atoms with Crippen molar-refractivity contribution in [2.75, 3.05) is 33.4 Å². The number of nitrogens with two attached hydrogens (primary N) is 1. The predicted molar refractivity (Wildman–Crippen MR) is 60.7 cm³/mol. The molecule has 0 aliphatic carbocycles. The quantitative estimate of drug-likeness (QED) is 0.460. The maximum Gasteiger partial charge on any atom is 0.224 e. The second-order valence-electron chi connectivity index (χ2n) is 3.52. The molecule has 2 amide bonds. The molecule has 94 valence electrons. The minimum absolute atomic E-state index is 0.0993. The lowest BCUT2D eigenvalue weighted by atomic mass is 10.2. The molecule has 0 bridgehead atoms. The summed E-state index contributed by atoms with van der Waals surface area (Å²) in [5, 5.41) is 5.30. The van der Waals surface area contributed by atoms with Crippen LogP contribution in [-0.2, 0) is 14.3 Å². The highest BCUT2D eigenvalue weighted by atomic mass is 16.5. The van der Waals surface area contributed by atoms with E-state index in [1.54, 1.807) is 14.0 Å². The number of carbonyl (C=O) groups excluding carboxylic acids is 2. The largest absolute Gasteiger partial charge is 0.383 e. The standard InChI is InChI=1S/C10H21N3O3/c1-8(7-11)10(15)13-4-3-9(14)12-5-6-16-2/h8H,3-7,11H2,1-2H3,(H,12,14)(H,13,15). The lowest BCUT2D eigenvalue weighted by Gasteiger charge is -2.09. The Bertz CT molecular complexity index is 221. The Labute approximate surface area is 95.9 Å². The van der Waals surface area contributed by atoms with Gasteiger partial charge < -0.3 is 21.1 Å². The zero-order valence-electron chi connectivity index (χ0n) is 9.91. The first-order chi connectivity index (χ1) is 7.61. The fourth-order valence-corrected chi connectivity index (χ4v) is 0.961. The highest BCUT2D eigenvalue weighted by Gasteiger charge is 2.10. The van der Waals surface area contributed by atoms with Gasteiger partial charge in [0.15, 0.2) is 0 Å². The second-order valence-corrected chi connectivity index (χ2v) is 3.52. The minimum atomic E-state index is -0.212. The number of nitrogens with one attached hydrogen (secondary N) is 2. The summed E-state index contributed by atoms with van der Waals surface area (Å²) in [6.07, 6.45) is 0.271. The molecule has 16 heavy (non-hydrogen) atoms. The third-order valence-corrected chi connectivity index (χ3v) is 2.08. The number of amides is 2. The molecule has 0 aromatic carbocycles. The molecule has 4 N–H and O–H groups in total. The molecule has 0 saturated carbocycles. The van der Waals surface area contributed by atoms with Gasteiger partial charge in [0.05, 0.1) is 6.61 Å². The van der Waals surface area contributed by atoms with E-state index in [2.05, 4.69) is 10.6 Å².